The van der Waals surface area contributed by atoms with Crippen molar-refractivity contribution in [2.45, 2.75) is 52.9 Å². The lowest BCUT2D eigenvalue weighted by Crippen LogP contribution is -2.05. The predicted molar refractivity (Wildman–Crippen MR) is 54.6 cm³/mol. The van der Waals surface area contributed by atoms with E-state index in [2.05, 4.69) is 13.8 Å². The largest absolute Gasteiger partial charge is 0.466 e. The summed E-state index contributed by atoms with van der Waals surface area (Å²) >= 11 is 0. The van der Waals surface area contributed by atoms with Crippen molar-refractivity contribution < 1.29 is 9.53 Å². The molecular weight excluding hydrogens is 164 g/mol. The summed E-state index contributed by atoms with van der Waals surface area (Å²) < 4.78 is 5.03. The van der Waals surface area contributed by atoms with Crippen LogP contribution in [0, 0.1) is 5.92 Å². The van der Waals surface area contributed by atoms with Gasteiger partial charge in [-0.1, -0.05) is 27.2 Å². The van der Waals surface area contributed by atoms with E-state index in [1.165, 1.54) is 6.42 Å². The van der Waals surface area contributed by atoms with Gasteiger partial charge in [-0.05, 0) is 25.2 Å². The second-order valence-corrected chi connectivity index (χ2v) is 3.86. The summed E-state index contributed by atoms with van der Waals surface area (Å²) in [5.41, 5.74) is 0. The van der Waals surface area contributed by atoms with Crippen LogP contribution < -0.4 is 0 Å². The zero-order chi connectivity index (χ0) is 10.1. The minimum absolute atomic E-state index is 0.0490. The first-order valence-electron chi connectivity index (χ1n) is 5.32. The Hall–Kier alpha value is -0.530. The molecular formula is C11H22O2. The minimum Gasteiger partial charge on any atom is -0.466 e. The van der Waals surface area contributed by atoms with Crippen molar-refractivity contribution in [1.29, 1.82) is 0 Å². The normalized spacial score (nSPS) is 10.5. The molecule has 0 aromatic heterocycles. The molecule has 0 rings (SSSR count). The van der Waals surface area contributed by atoms with Crippen LogP contribution in [0.15, 0.2) is 0 Å². The minimum atomic E-state index is -0.0490. The molecule has 0 spiro atoms. The highest BCUT2D eigenvalue weighted by Gasteiger charge is 2.00. The van der Waals surface area contributed by atoms with Gasteiger partial charge in [-0.3, -0.25) is 4.79 Å². The molecule has 0 amide bonds. The maximum atomic E-state index is 10.9. The third-order valence-electron chi connectivity index (χ3n) is 1.89. The molecule has 0 atom stereocenters. The molecule has 0 aliphatic rings. The highest BCUT2D eigenvalue weighted by molar-refractivity contribution is 5.69. The Morgan fingerprint density at radius 2 is 2.00 bits per heavy atom. The van der Waals surface area contributed by atoms with Gasteiger partial charge in [-0.2, -0.15) is 0 Å². The van der Waals surface area contributed by atoms with Crippen molar-refractivity contribution >= 4 is 5.97 Å². The number of esters is 1. The quantitative estimate of drug-likeness (QED) is 0.451. The molecule has 2 nitrogen and oxygen atoms in total. The number of unbranched alkanes of at least 4 members (excludes halogenated alkanes) is 1. The van der Waals surface area contributed by atoms with Crippen molar-refractivity contribution in [2.24, 2.45) is 5.92 Å². The van der Waals surface area contributed by atoms with Crippen molar-refractivity contribution in [2.75, 3.05) is 6.61 Å². The molecule has 0 heterocycles. The number of hydrogen-bond acceptors (Lipinski definition) is 2. The average Bonchev–Trinajstić information content (AvgIpc) is 2.03. The standard InChI is InChI=1S/C11H22O2/c1-4-7-11(12)13-9-6-5-8-10(2)3/h10H,4-9H2,1-3H3. The van der Waals surface area contributed by atoms with E-state index in [1.54, 1.807) is 0 Å². The summed E-state index contributed by atoms with van der Waals surface area (Å²) in [5, 5.41) is 0. The molecule has 0 aromatic rings. The van der Waals surface area contributed by atoms with Crippen LogP contribution in [-0.4, -0.2) is 12.6 Å². The fraction of sp³-hybridized carbons (Fsp3) is 0.909. The number of hydrogen-bond donors (Lipinski definition) is 0. The molecule has 78 valence electrons. The topological polar surface area (TPSA) is 26.3 Å². The Kier molecular flexibility index (Phi) is 7.76. The number of carbonyl (C=O) groups is 1. The van der Waals surface area contributed by atoms with E-state index in [9.17, 15) is 4.79 Å². The van der Waals surface area contributed by atoms with E-state index in [0.29, 0.717) is 13.0 Å². The van der Waals surface area contributed by atoms with E-state index in [1.807, 2.05) is 6.92 Å². The maximum Gasteiger partial charge on any atom is 0.305 e. The molecule has 0 saturated heterocycles. The SMILES string of the molecule is CCCC(=O)OCCCCC(C)C. The Morgan fingerprint density at radius 1 is 1.31 bits per heavy atom. The molecule has 0 bridgehead atoms. The van der Waals surface area contributed by atoms with Crippen LogP contribution >= 0.6 is 0 Å². The lowest BCUT2D eigenvalue weighted by atomic mass is 10.1. The molecule has 0 N–H and O–H groups in total. The van der Waals surface area contributed by atoms with Crippen molar-refractivity contribution in [3.05, 3.63) is 0 Å². The molecule has 0 aliphatic carbocycles. The molecule has 0 radical (unpaired) electrons. The van der Waals surface area contributed by atoms with Gasteiger partial charge >= 0.3 is 5.97 Å². The van der Waals surface area contributed by atoms with Crippen molar-refractivity contribution in [1.82, 2.24) is 0 Å². The Morgan fingerprint density at radius 3 is 2.54 bits per heavy atom. The lowest BCUT2D eigenvalue weighted by Gasteiger charge is -2.05. The number of ether oxygens (including phenoxy) is 1. The zero-order valence-corrected chi connectivity index (χ0v) is 9.14. The van der Waals surface area contributed by atoms with Gasteiger partial charge in [0.25, 0.3) is 0 Å². The Balaban J connectivity index is 3.11. The molecule has 13 heavy (non-hydrogen) atoms. The van der Waals surface area contributed by atoms with E-state index in [0.717, 1.165) is 25.2 Å². The van der Waals surface area contributed by atoms with Crippen LogP contribution in [0.25, 0.3) is 0 Å². The summed E-state index contributed by atoms with van der Waals surface area (Å²) in [6, 6.07) is 0. The number of rotatable bonds is 7. The van der Waals surface area contributed by atoms with Gasteiger partial charge in [-0.25, -0.2) is 0 Å². The molecule has 0 aliphatic heterocycles. The highest BCUT2D eigenvalue weighted by atomic mass is 16.5. The molecule has 2 heteroatoms. The molecule has 0 aromatic carbocycles. The maximum absolute atomic E-state index is 10.9. The van der Waals surface area contributed by atoms with Crippen molar-refractivity contribution in [3.63, 3.8) is 0 Å². The zero-order valence-electron chi connectivity index (χ0n) is 9.14. The van der Waals surface area contributed by atoms with E-state index >= 15 is 0 Å². The van der Waals surface area contributed by atoms with Crippen LogP contribution in [-0.2, 0) is 9.53 Å². The first kappa shape index (κ1) is 12.5. The van der Waals surface area contributed by atoms with Gasteiger partial charge < -0.3 is 4.74 Å². The highest BCUT2D eigenvalue weighted by Crippen LogP contribution is 2.06. The average molecular weight is 186 g/mol. The fourth-order valence-corrected chi connectivity index (χ4v) is 1.12. The molecule has 0 unspecified atom stereocenters. The summed E-state index contributed by atoms with van der Waals surface area (Å²) in [4.78, 5) is 10.9. The van der Waals surface area contributed by atoms with Gasteiger partial charge in [0, 0.05) is 6.42 Å². The fourth-order valence-electron chi connectivity index (χ4n) is 1.12. The van der Waals surface area contributed by atoms with Crippen LogP contribution in [0.3, 0.4) is 0 Å². The van der Waals surface area contributed by atoms with Crippen LogP contribution in [0.2, 0.25) is 0 Å². The molecule has 0 fully saturated rings. The second-order valence-electron chi connectivity index (χ2n) is 3.86. The third kappa shape index (κ3) is 9.38. The molecule has 0 saturated carbocycles. The number of carbonyl (C=O) groups excluding carboxylic acids is 1. The van der Waals surface area contributed by atoms with Gasteiger partial charge in [0.2, 0.25) is 0 Å². The van der Waals surface area contributed by atoms with Crippen LogP contribution in [0.1, 0.15) is 52.9 Å². The van der Waals surface area contributed by atoms with Gasteiger partial charge in [0.1, 0.15) is 0 Å². The monoisotopic (exact) mass is 186 g/mol. The van der Waals surface area contributed by atoms with Crippen LogP contribution in [0.4, 0.5) is 0 Å². The van der Waals surface area contributed by atoms with Gasteiger partial charge in [-0.15, -0.1) is 0 Å². The van der Waals surface area contributed by atoms with Crippen LogP contribution in [0.5, 0.6) is 0 Å². The summed E-state index contributed by atoms with van der Waals surface area (Å²) in [6.45, 7) is 7.01. The lowest BCUT2D eigenvalue weighted by molar-refractivity contribution is -0.143. The predicted octanol–water partition coefficient (Wildman–Crippen LogP) is 3.16. The van der Waals surface area contributed by atoms with E-state index in [-0.39, 0.29) is 5.97 Å². The van der Waals surface area contributed by atoms with Gasteiger partial charge in [0.15, 0.2) is 0 Å². The third-order valence-corrected chi connectivity index (χ3v) is 1.89. The Bertz CT molecular complexity index is 130. The van der Waals surface area contributed by atoms with E-state index < -0.39 is 0 Å². The van der Waals surface area contributed by atoms with E-state index in [4.69, 9.17) is 4.74 Å². The first-order chi connectivity index (χ1) is 6.16. The first-order valence-corrected chi connectivity index (χ1v) is 5.32. The van der Waals surface area contributed by atoms with Crippen molar-refractivity contribution in [3.8, 4) is 0 Å². The van der Waals surface area contributed by atoms with Gasteiger partial charge in [0.05, 0.1) is 6.61 Å². The smallest absolute Gasteiger partial charge is 0.305 e. The second kappa shape index (κ2) is 8.09. The summed E-state index contributed by atoms with van der Waals surface area (Å²) in [7, 11) is 0. The summed E-state index contributed by atoms with van der Waals surface area (Å²) in [5.74, 6) is 0.707. The Labute approximate surface area is 81.7 Å². The summed E-state index contributed by atoms with van der Waals surface area (Å²) in [6.07, 6.45) is 4.84.